The number of rotatable bonds is 13. The van der Waals surface area contributed by atoms with Crippen LogP contribution in [0.2, 0.25) is 0 Å². The summed E-state index contributed by atoms with van der Waals surface area (Å²) in [6, 6.07) is 23.0. The lowest BCUT2D eigenvalue weighted by molar-refractivity contribution is -0.0620. The second kappa shape index (κ2) is 22.4. The molecule has 0 bridgehead atoms. The van der Waals surface area contributed by atoms with Gasteiger partial charge in [-0.25, -0.2) is 24.9 Å². The molecule has 0 amide bonds. The van der Waals surface area contributed by atoms with Gasteiger partial charge in [0.15, 0.2) is 17.7 Å². The summed E-state index contributed by atoms with van der Waals surface area (Å²) in [5.41, 5.74) is 15.4. The first-order chi connectivity index (χ1) is 36.0. The van der Waals surface area contributed by atoms with Crippen molar-refractivity contribution in [3.63, 3.8) is 0 Å². The Labute approximate surface area is 442 Å². The zero-order valence-electron chi connectivity index (χ0n) is 45.5. The van der Waals surface area contributed by atoms with Crippen LogP contribution < -0.4 is 16.0 Å². The molecule has 3 saturated heterocycles. The maximum Gasteiger partial charge on any atom is 0.227 e. The van der Waals surface area contributed by atoms with Gasteiger partial charge < -0.3 is 40.8 Å². The molecule has 0 unspecified atom stereocenters. The number of anilines is 3. The molecule has 7 heterocycles. The number of ether oxygens (including phenoxy) is 1. The first-order valence-electron chi connectivity index (χ1n) is 27.5. The molecule has 0 spiro atoms. The standard InChI is InChI=1S/C30H42N8O3.C28H38N6/c1-16(2)37(13-22-25(39)26(40)29(41-22)38-15-34-24-27(31)32-14-33-28(24)38)19-10-17(11-19)6-9-23-35-20-8-7-18(30(3,4)5)12-21(20)36-23;1-21-18-25-26(19-22(21)2)30-28(34-13-7-12-32(3)16-17-34)31-27(25)29-24-10-14-33(15-11-24)20-23-8-5-4-6-9-23/h7-8,12,14-17,19,22,25-26,29,39-40H,6,9-11,13H2,1-5H3,(H,35,36)(H2,31,32,33);4-6,8-9,18-19,24H,7,10-17,20H2,1-3H3,(H,29,30,31)/t17?,19?,22-,25-,26-,29-;/m1./s1. The molecule has 0 radical (unpaired) electrons. The lowest BCUT2D eigenvalue weighted by Gasteiger charge is -2.46. The molecule has 6 N–H and O–H groups in total. The minimum atomic E-state index is -1.11. The SMILES string of the molecule is CC(C)N(C[C@H]1O[C@@H](n2cnc3c(N)ncnc32)[C@H](O)[C@@H]1O)C1CC(CCc2nc3ccc(C(C)(C)C)cc3[nH]2)C1.Cc1cc2nc(N3CCCN(C)CC3)nc(NC3CCN(Cc4ccccc4)CC3)c2cc1C. The number of nitrogens with one attached hydrogen (secondary N) is 2. The van der Waals surface area contributed by atoms with Gasteiger partial charge in [-0.2, -0.15) is 4.98 Å². The highest BCUT2D eigenvalue weighted by molar-refractivity contribution is 5.91. The van der Waals surface area contributed by atoms with Crippen LogP contribution in [0, 0.1) is 19.8 Å². The fourth-order valence-electron chi connectivity index (χ4n) is 11.5. The fourth-order valence-corrected chi connectivity index (χ4v) is 11.5. The average Bonchev–Trinajstić information content (AvgIpc) is 4.02. The number of hydrogen-bond acceptors (Lipinski definition) is 15. The quantitative estimate of drug-likeness (QED) is 0.0750. The lowest BCUT2D eigenvalue weighted by atomic mass is 9.76. The van der Waals surface area contributed by atoms with E-state index in [1.54, 1.807) is 4.57 Å². The predicted molar refractivity (Wildman–Crippen MR) is 299 cm³/mol. The van der Waals surface area contributed by atoms with Crippen LogP contribution in [0.25, 0.3) is 33.1 Å². The number of hydrogen-bond donors (Lipinski definition) is 5. The molecule has 3 aliphatic heterocycles. The van der Waals surface area contributed by atoms with Crippen LogP contribution in [0.15, 0.2) is 73.3 Å². The number of aromatic amines is 1. The van der Waals surface area contributed by atoms with E-state index in [4.69, 9.17) is 25.4 Å². The normalized spacial score (nSPS) is 23.3. The van der Waals surface area contributed by atoms with Crippen LogP contribution in [0.5, 0.6) is 0 Å². The van der Waals surface area contributed by atoms with E-state index in [0.29, 0.717) is 35.7 Å². The summed E-state index contributed by atoms with van der Waals surface area (Å²) in [6.07, 6.45) is 7.04. The Balaban J connectivity index is 0.000000174. The molecule has 1 saturated carbocycles. The molecule has 3 aromatic carbocycles. The van der Waals surface area contributed by atoms with E-state index in [1.165, 1.54) is 34.9 Å². The first-order valence-corrected chi connectivity index (χ1v) is 27.5. The largest absolute Gasteiger partial charge is 0.387 e. The fraction of sp³-hybridized carbons (Fsp3) is 0.552. The summed E-state index contributed by atoms with van der Waals surface area (Å²) in [4.78, 5) is 40.8. The molecule has 75 heavy (non-hydrogen) atoms. The Kier molecular flexibility index (Phi) is 15.7. The molecular weight excluding hydrogens is 941 g/mol. The molecule has 4 atom stereocenters. The Bertz CT molecular complexity index is 3030. The maximum absolute atomic E-state index is 10.9. The Hall–Kier alpha value is -5.82. The third kappa shape index (κ3) is 11.9. The Morgan fingerprint density at radius 1 is 0.867 bits per heavy atom. The van der Waals surface area contributed by atoms with Gasteiger partial charge in [-0.1, -0.05) is 57.2 Å². The summed E-state index contributed by atoms with van der Waals surface area (Å²) in [7, 11) is 2.20. The van der Waals surface area contributed by atoms with Crippen LogP contribution in [-0.4, -0.2) is 154 Å². The molecule has 400 valence electrons. The van der Waals surface area contributed by atoms with Crippen LogP contribution >= 0.6 is 0 Å². The van der Waals surface area contributed by atoms with Gasteiger partial charge >= 0.3 is 0 Å². The molecule has 4 fully saturated rings. The van der Waals surface area contributed by atoms with Gasteiger partial charge in [0.25, 0.3) is 0 Å². The number of fused-ring (bicyclic) bond motifs is 3. The molecule has 17 nitrogen and oxygen atoms in total. The number of likely N-dealkylation sites (tertiary alicyclic amines) is 1. The highest BCUT2D eigenvalue weighted by atomic mass is 16.6. The smallest absolute Gasteiger partial charge is 0.227 e. The molecule has 17 heteroatoms. The van der Waals surface area contributed by atoms with E-state index in [0.717, 1.165) is 130 Å². The predicted octanol–water partition coefficient (Wildman–Crippen LogP) is 7.79. The number of benzene rings is 3. The third-order valence-electron chi connectivity index (χ3n) is 16.4. The minimum absolute atomic E-state index is 0.110. The van der Waals surface area contributed by atoms with Gasteiger partial charge in [0.2, 0.25) is 5.95 Å². The van der Waals surface area contributed by atoms with Crippen molar-refractivity contribution in [3.05, 3.63) is 101 Å². The summed E-state index contributed by atoms with van der Waals surface area (Å²) in [5.74, 6) is 3.82. The molecule has 4 aromatic heterocycles. The summed E-state index contributed by atoms with van der Waals surface area (Å²) < 4.78 is 7.86. The van der Waals surface area contributed by atoms with Crippen molar-refractivity contribution in [1.82, 2.24) is 54.2 Å². The number of piperidine rings is 1. The number of aliphatic hydroxyl groups is 2. The van der Waals surface area contributed by atoms with Crippen molar-refractivity contribution in [1.29, 1.82) is 0 Å². The van der Waals surface area contributed by atoms with Gasteiger partial charge in [0.1, 0.15) is 41.8 Å². The Morgan fingerprint density at radius 3 is 2.40 bits per heavy atom. The van der Waals surface area contributed by atoms with E-state index in [9.17, 15) is 10.2 Å². The van der Waals surface area contributed by atoms with E-state index in [-0.39, 0.29) is 17.3 Å². The lowest BCUT2D eigenvalue weighted by Crippen LogP contribution is -2.52. The number of imidazole rings is 2. The number of nitrogens with two attached hydrogens (primary N) is 1. The van der Waals surface area contributed by atoms with Gasteiger partial charge in [-0.15, -0.1) is 0 Å². The number of nitrogens with zero attached hydrogens (tertiary/aromatic N) is 11. The third-order valence-corrected chi connectivity index (χ3v) is 16.4. The number of likely N-dealkylation sites (N-methyl/N-ethyl adjacent to an activating group) is 1. The first kappa shape index (κ1) is 52.6. The van der Waals surface area contributed by atoms with Crippen LogP contribution in [0.4, 0.5) is 17.6 Å². The van der Waals surface area contributed by atoms with Gasteiger partial charge in [-0.3, -0.25) is 14.4 Å². The number of H-pyrrole nitrogens is 1. The van der Waals surface area contributed by atoms with Crippen molar-refractivity contribution in [2.24, 2.45) is 5.92 Å². The topological polar surface area (TPSA) is 199 Å². The van der Waals surface area contributed by atoms with Crippen LogP contribution in [-0.2, 0) is 23.1 Å². The van der Waals surface area contributed by atoms with Crippen molar-refractivity contribution >= 4 is 50.7 Å². The second-order valence-corrected chi connectivity index (χ2v) is 23.3. The number of nitrogen functional groups attached to an aromatic ring is 1. The highest BCUT2D eigenvalue weighted by Gasteiger charge is 2.46. The van der Waals surface area contributed by atoms with Gasteiger partial charge in [-0.05, 0) is 138 Å². The maximum atomic E-state index is 10.9. The molecular formula is C58H80N14O3. The van der Waals surface area contributed by atoms with Crippen molar-refractivity contribution in [3.8, 4) is 0 Å². The van der Waals surface area contributed by atoms with Crippen LogP contribution in [0.1, 0.15) is 107 Å². The van der Waals surface area contributed by atoms with E-state index in [2.05, 4.69) is 161 Å². The summed E-state index contributed by atoms with van der Waals surface area (Å²) in [6.45, 7) is 23.4. The van der Waals surface area contributed by atoms with Gasteiger partial charge in [0, 0.05) is 75.7 Å². The van der Waals surface area contributed by atoms with E-state index >= 15 is 0 Å². The zero-order chi connectivity index (χ0) is 52.5. The minimum Gasteiger partial charge on any atom is -0.387 e. The summed E-state index contributed by atoms with van der Waals surface area (Å²) >= 11 is 0. The second-order valence-electron chi connectivity index (χ2n) is 23.3. The highest BCUT2D eigenvalue weighted by Crippen LogP contribution is 2.39. The number of aryl methyl sites for hydroxylation is 3. The molecule has 11 rings (SSSR count). The van der Waals surface area contributed by atoms with Crippen molar-refractivity contribution in [2.75, 3.05) is 68.8 Å². The van der Waals surface area contributed by atoms with Crippen molar-refractivity contribution in [2.45, 2.75) is 148 Å². The number of aliphatic hydroxyl groups excluding tert-OH is 2. The molecule has 4 aliphatic rings. The zero-order valence-corrected chi connectivity index (χ0v) is 45.5. The molecule has 7 aromatic rings. The van der Waals surface area contributed by atoms with Crippen LogP contribution in [0.3, 0.4) is 0 Å². The van der Waals surface area contributed by atoms with Crippen molar-refractivity contribution < 1.29 is 14.9 Å². The van der Waals surface area contributed by atoms with Gasteiger partial charge in [0.05, 0.1) is 22.9 Å². The van der Waals surface area contributed by atoms with E-state index in [1.807, 2.05) is 0 Å². The van der Waals surface area contributed by atoms with E-state index < -0.39 is 24.5 Å². The summed E-state index contributed by atoms with van der Waals surface area (Å²) in [5, 5.41) is 26.8. The average molecular weight is 1020 g/mol. The monoisotopic (exact) mass is 1020 g/mol. The molecule has 1 aliphatic carbocycles. The number of aromatic nitrogens is 8. The Morgan fingerprint density at radius 2 is 1.64 bits per heavy atom.